The number of likely N-dealkylation sites (tertiary alicyclic amines) is 1. The number of amides is 1. The number of nitrogens with zero attached hydrogens (tertiary/aromatic N) is 1. The number of carbonyl (C=O) groups is 2. The van der Waals surface area contributed by atoms with Gasteiger partial charge in [0.1, 0.15) is 5.60 Å². The normalized spacial score (nSPS) is 18.6. The van der Waals surface area contributed by atoms with E-state index in [2.05, 4.69) is 0 Å². The van der Waals surface area contributed by atoms with Crippen LogP contribution in [0.25, 0.3) is 0 Å². The van der Waals surface area contributed by atoms with E-state index in [0.29, 0.717) is 38.8 Å². The first-order chi connectivity index (χ1) is 10.4. The molecule has 6 heteroatoms. The minimum atomic E-state index is -0.784. The molecule has 0 aromatic heterocycles. The lowest BCUT2D eigenvalue weighted by Crippen LogP contribution is -2.48. The van der Waals surface area contributed by atoms with Crippen LogP contribution >= 0.6 is 0 Å². The lowest BCUT2D eigenvalue weighted by atomic mass is 9.73. The molecular formula is C17H31NO5. The molecule has 0 aliphatic carbocycles. The maximum absolute atomic E-state index is 12.1. The highest BCUT2D eigenvalue weighted by molar-refractivity contribution is 5.75. The van der Waals surface area contributed by atoms with Gasteiger partial charge in [-0.1, -0.05) is 0 Å². The predicted molar refractivity (Wildman–Crippen MR) is 87.4 cm³/mol. The first-order valence-electron chi connectivity index (χ1n) is 8.17. The number of carboxylic acids is 1. The molecule has 1 aliphatic heterocycles. The molecular weight excluding hydrogens is 298 g/mol. The van der Waals surface area contributed by atoms with E-state index in [9.17, 15) is 14.7 Å². The smallest absolute Gasteiger partial charge is 0.410 e. The Hall–Kier alpha value is -1.30. The summed E-state index contributed by atoms with van der Waals surface area (Å²) in [4.78, 5) is 25.5. The highest BCUT2D eigenvalue weighted by Gasteiger charge is 2.43. The van der Waals surface area contributed by atoms with Gasteiger partial charge < -0.3 is 19.5 Å². The van der Waals surface area contributed by atoms with Crippen LogP contribution in [0.5, 0.6) is 0 Å². The van der Waals surface area contributed by atoms with Crippen LogP contribution in [0.1, 0.15) is 60.3 Å². The number of piperidine rings is 1. The Morgan fingerprint density at radius 3 is 2.04 bits per heavy atom. The Morgan fingerprint density at radius 2 is 1.65 bits per heavy atom. The summed E-state index contributed by atoms with van der Waals surface area (Å²) in [6, 6.07) is 0. The molecule has 0 atom stereocenters. The first kappa shape index (κ1) is 19.7. The van der Waals surface area contributed by atoms with Gasteiger partial charge in [-0.25, -0.2) is 4.79 Å². The molecule has 1 rings (SSSR count). The minimum absolute atomic E-state index is 0.343. The van der Waals surface area contributed by atoms with E-state index in [1.165, 1.54) is 0 Å². The van der Waals surface area contributed by atoms with Crippen LogP contribution in [0.15, 0.2) is 0 Å². The molecule has 0 radical (unpaired) electrons. The first-order valence-corrected chi connectivity index (χ1v) is 8.17. The molecule has 0 unspecified atom stereocenters. The van der Waals surface area contributed by atoms with Crippen molar-refractivity contribution in [3.63, 3.8) is 0 Å². The predicted octanol–water partition coefficient (Wildman–Crippen LogP) is 3.29. The molecule has 1 fully saturated rings. The van der Waals surface area contributed by atoms with Gasteiger partial charge in [0.25, 0.3) is 0 Å². The molecule has 0 spiro atoms. The van der Waals surface area contributed by atoms with E-state index in [1.54, 1.807) is 12.0 Å². The summed E-state index contributed by atoms with van der Waals surface area (Å²) in [5, 5.41) is 9.69. The second-order valence-electron chi connectivity index (χ2n) is 8.02. The third-order valence-corrected chi connectivity index (χ3v) is 4.58. The second kappa shape index (κ2) is 7.07. The van der Waals surface area contributed by atoms with Crippen molar-refractivity contribution in [2.24, 2.45) is 5.41 Å². The Bertz CT molecular complexity index is 431. The number of ether oxygens (including phenoxy) is 2. The van der Waals surface area contributed by atoms with Gasteiger partial charge in [0, 0.05) is 20.2 Å². The quantitative estimate of drug-likeness (QED) is 0.837. The van der Waals surface area contributed by atoms with Crippen LogP contribution in [0.2, 0.25) is 0 Å². The summed E-state index contributed by atoms with van der Waals surface area (Å²) in [5.74, 6) is -0.784. The van der Waals surface area contributed by atoms with Crippen LogP contribution < -0.4 is 0 Å². The largest absolute Gasteiger partial charge is 0.481 e. The summed E-state index contributed by atoms with van der Waals surface area (Å²) in [7, 11) is 1.64. The van der Waals surface area contributed by atoms with E-state index in [-0.39, 0.29) is 11.7 Å². The second-order valence-corrected chi connectivity index (χ2v) is 8.02. The van der Waals surface area contributed by atoms with E-state index in [0.717, 1.165) is 0 Å². The number of aliphatic carboxylic acids is 1. The van der Waals surface area contributed by atoms with Gasteiger partial charge in [-0.2, -0.15) is 0 Å². The molecule has 1 saturated heterocycles. The fraction of sp³-hybridized carbons (Fsp3) is 0.882. The fourth-order valence-electron chi connectivity index (χ4n) is 2.66. The van der Waals surface area contributed by atoms with Crippen LogP contribution in [0, 0.1) is 5.41 Å². The Morgan fingerprint density at radius 1 is 1.13 bits per heavy atom. The van der Waals surface area contributed by atoms with Gasteiger partial charge in [0.2, 0.25) is 0 Å². The zero-order valence-corrected chi connectivity index (χ0v) is 15.3. The SMILES string of the molecule is COC(C)(C)CCC1(C(=O)O)CCN(C(=O)OC(C)(C)C)CC1. The molecule has 0 aromatic carbocycles. The highest BCUT2D eigenvalue weighted by atomic mass is 16.6. The van der Waals surface area contributed by atoms with Crippen LogP contribution in [0.4, 0.5) is 4.79 Å². The number of rotatable bonds is 5. The molecule has 1 N–H and O–H groups in total. The van der Waals surface area contributed by atoms with Crippen LogP contribution in [0.3, 0.4) is 0 Å². The summed E-state index contributed by atoms with van der Waals surface area (Å²) in [5.41, 5.74) is -1.67. The molecule has 1 heterocycles. The summed E-state index contributed by atoms with van der Waals surface area (Å²) >= 11 is 0. The van der Waals surface area contributed by atoms with E-state index in [4.69, 9.17) is 9.47 Å². The van der Waals surface area contributed by atoms with Crippen molar-refractivity contribution in [1.29, 1.82) is 0 Å². The van der Waals surface area contributed by atoms with Crippen molar-refractivity contribution in [1.82, 2.24) is 4.90 Å². The number of carbonyl (C=O) groups excluding carboxylic acids is 1. The van der Waals surface area contributed by atoms with Crippen molar-refractivity contribution >= 4 is 12.1 Å². The topological polar surface area (TPSA) is 76.1 Å². The van der Waals surface area contributed by atoms with Gasteiger partial charge in [-0.05, 0) is 60.3 Å². The van der Waals surface area contributed by atoms with E-state index >= 15 is 0 Å². The molecule has 134 valence electrons. The summed E-state index contributed by atoms with van der Waals surface area (Å²) in [6.07, 6.45) is 1.74. The molecule has 0 bridgehead atoms. The van der Waals surface area contributed by atoms with Gasteiger partial charge in [-0.15, -0.1) is 0 Å². The van der Waals surface area contributed by atoms with Gasteiger partial charge >= 0.3 is 12.1 Å². The molecule has 1 amide bonds. The maximum atomic E-state index is 12.1. The Kier molecular flexibility index (Phi) is 6.07. The number of hydrogen-bond donors (Lipinski definition) is 1. The van der Waals surface area contributed by atoms with E-state index in [1.807, 2.05) is 34.6 Å². The monoisotopic (exact) mass is 329 g/mol. The van der Waals surface area contributed by atoms with Crippen molar-refractivity contribution in [2.45, 2.75) is 71.5 Å². The van der Waals surface area contributed by atoms with Gasteiger partial charge in [-0.3, -0.25) is 4.79 Å². The van der Waals surface area contributed by atoms with Crippen molar-refractivity contribution in [3.05, 3.63) is 0 Å². The van der Waals surface area contributed by atoms with Crippen LogP contribution in [-0.2, 0) is 14.3 Å². The zero-order chi connectivity index (χ0) is 17.9. The van der Waals surface area contributed by atoms with E-state index < -0.39 is 17.0 Å². The molecule has 6 nitrogen and oxygen atoms in total. The third-order valence-electron chi connectivity index (χ3n) is 4.58. The molecule has 0 saturated carbocycles. The van der Waals surface area contributed by atoms with Crippen molar-refractivity contribution in [3.8, 4) is 0 Å². The molecule has 0 aromatic rings. The highest BCUT2D eigenvalue weighted by Crippen LogP contribution is 2.39. The average Bonchev–Trinajstić information content (AvgIpc) is 2.43. The zero-order valence-electron chi connectivity index (χ0n) is 15.3. The average molecular weight is 329 g/mol. The third kappa shape index (κ3) is 5.68. The summed E-state index contributed by atoms with van der Waals surface area (Å²) in [6.45, 7) is 10.2. The van der Waals surface area contributed by atoms with Crippen molar-refractivity contribution in [2.75, 3.05) is 20.2 Å². The number of carboxylic acid groups (broad SMARTS) is 1. The lowest BCUT2D eigenvalue weighted by Gasteiger charge is -2.40. The number of methoxy groups -OCH3 is 1. The van der Waals surface area contributed by atoms with Gasteiger partial charge in [0.15, 0.2) is 0 Å². The standard InChI is InChI=1S/C17H31NO5/c1-15(2,3)23-14(21)18-11-9-17(10-12-18,13(19)20)8-7-16(4,5)22-6/h7-12H2,1-6H3,(H,19,20). The van der Waals surface area contributed by atoms with Gasteiger partial charge in [0.05, 0.1) is 11.0 Å². The minimum Gasteiger partial charge on any atom is -0.481 e. The molecule has 1 aliphatic rings. The lowest BCUT2D eigenvalue weighted by molar-refractivity contribution is -0.153. The Labute approximate surface area is 139 Å². The van der Waals surface area contributed by atoms with Crippen LogP contribution in [-0.4, -0.2) is 53.5 Å². The number of hydrogen-bond acceptors (Lipinski definition) is 4. The summed E-state index contributed by atoms with van der Waals surface area (Å²) < 4.78 is 10.7. The fourth-order valence-corrected chi connectivity index (χ4v) is 2.66. The Balaban J connectivity index is 2.67. The maximum Gasteiger partial charge on any atom is 0.410 e. The molecule has 23 heavy (non-hydrogen) atoms. The van der Waals surface area contributed by atoms with Crippen molar-refractivity contribution < 1.29 is 24.2 Å².